The maximum absolute atomic E-state index is 6.46. The molecule has 5 heterocycles. The Morgan fingerprint density at radius 3 is 2.55 bits per heavy atom. The van der Waals surface area contributed by atoms with Gasteiger partial charge in [-0.1, -0.05) is 11.6 Å². The molecule has 3 fully saturated rings. The molecule has 1 N–H and O–H groups in total. The molecule has 0 amide bonds. The first-order valence-electron chi connectivity index (χ1n) is 10.5. The number of anilines is 2. The summed E-state index contributed by atoms with van der Waals surface area (Å²) in [5, 5.41) is 3.62. The molecule has 2 aromatic rings. The van der Waals surface area contributed by atoms with E-state index in [0.717, 1.165) is 77.4 Å². The van der Waals surface area contributed by atoms with Crippen LogP contribution in [0, 0.1) is 0 Å². The highest BCUT2D eigenvalue weighted by atomic mass is 35.5. The van der Waals surface area contributed by atoms with Crippen LogP contribution in [0.4, 0.5) is 11.8 Å². The standard InChI is InChI=1S/C19H26ClN7O2/c20-15-18(29-13-4-3-11-28-12-13)23-16-14(22-15)17(26-7-1-2-8-26)25-19(24-16)27-9-5-21-6-10-27/h13,21H,1-12H2/t13-/m1/s1. The normalized spacial score (nSPS) is 23.0. The van der Waals surface area contributed by atoms with Gasteiger partial charge in [0.2, 0.25) is 5.95 Å². The van der Waals surface area contributed by atoms with Crippen LogP contribution < -0.4 is 19.9 Å². The third kappa shape index (κ3) is 4.04. The summed E-state index contributed by atoms with van der Waals surface area (Å²) >= 11 is 6.46. The van der Waals surface area contributed by atoms with Gasteiger partial charge in [0, 0.05) is 45.9 Å². The molecule has 0 aromatic carbocycles. The van der Waals surface area contributed by atoms with Crippen molar-refractivity contribution in [3.63, 3.8) is 0 Å². The molecule has 2 aromatic heterocycles. The van der Waals surface area contributed by atoms with E-state index < -0.39 is 0 Å². The van der Waals surface area contributed by atoms with Gasteiger partial charge in [0.15, 0.2) is 22.1 Å². The van der Waals surface area contributed by atoms with Gasteiger partial charge in [-0.25, -0.2) is 4.98 Å². The number of rotatable bonds is 4. The fourth-order valence-corrected chi connectivity index (χ4v) is 4.25. The fourth-order valence-electron chi connectivity index (χ4n) is 4.08. The Balaban J connectivity index is 1.54. The Morgan fingerprint density at radius 1 is 0.966 bits per heavy atom. The van der Waals surface area contributed by atoms with Gasteiger partial charge < -0.3 is 24.6 Å². The second kappa shape index (κ2) is 8.41. The number of hydrogen-bond donors (Lipinski definition) is 1. The van der Waals surface area contributed by atoms with Crippen LogP contribution in [0.15, 0.2) is 0 Å². The Kier molecular flexibility index (Phi) is 5.52. The SMILES string of the molecule is Clc1nc2c(N3CCCC3)nc(N3CCNCC3)nc2nc1O[C@@H]1CCCOC1. The molecule has 9 nitrogen and oxygen atoms in total. The van der Waals surface area contributed by atoms with E-state index in [-0.39, 0.29) is 11.3 Å². The van der Waals surface area contributed by atoms with E-state index in [2.05, 4.69) is 25.1 Å². The van der Waals surface area contributed by atoms with E-state index in [1.807, 2.05) is 0 Å². The van der Waals surface area contributed by atoms with Gasteiger partial charge >= 0.3 is 0 Å². The quantitative estimate of drug-likeness (QED) is 0.794. The number of fused-ring (bicyclic) bond motifs is 1. The van der Waals surface area contributed by atoms with Crippen molar-refractivity contribution in [3.8, 4) is 5.88 Å². The number of nitrogens with one attached hydrogen (secondary N) is 1. The van der Waals surface area contributed by atoms with Gasteiger partial charge in [-0.3, -0.25) is 0 Å². The Labute approximate surface area is 174 Å². The summed E-state index contributed by atoms with van der Waals surface area (Å²) in [5.41, 5.74) is 1.18. The van der Waals surface area contributed by atoms with Crippen molar-refractivity contribution >= 4 is 34.5 Å². The van der Waals surface area contributed by atoms with Crippen molar-refractivity contribution in [1.82, 2.24) is 25.3 Å². The molecule has 5 rings (SSSR count). The van der Waals surface area contributed by atoms with Gasteiger partial charge in [-0.2, -0.15) is 15.0 Å². The zero-order valence-electron chi connectivity index (χ0n) is 16.4. The molecule has 0 saturated carbocycles. The smallest absolute Gasteiger partial charge is 0.254 e. The van der Waals surface area contributed by atoms with Gasteiger partial charge in [0.1, 0.15) is 6.10 Å². The summed E-state index contributed by atoms with van der Waals surface area (Å²) in [4.78, 5) is 23.4. The lowest BCUT2D eigenvalue weighted by atomic mass is 10.2. The van der Waals surface area contributed by atoms with Crippen molar-refractivity contribution in [1.29, 1.82) is 0 Å². The fraction of sp³-hybridized carbons (Fsp3) is 0.684. The largest absolute Gasteiger partial charge is 0.470 e. The molecule has 10 heteroatoms. The molecule has 3 aliphatic rings. The van der Waals surface area contributed by atoms with Crippen molar-refractivity contribution < 1.29 is 9.47 Å². The van der Waals surface area contributed by atoms with E-state index in [4.69, 9.17) is 31.0 Å². The lowest BCUT2D eigenvalue weighted by Gasteiger charge is -2.28. The molecule has 3 saturated heterocycles. The highest BCUT2D eigenvalue weighted by molar-refractivity contribution is 6.31. The van der Waals surface area contributed by atoms with Crippen LogP contribution in [-0.4, -0.2) is 78.5 Å². The maximum atomic E-state index is 6.46. The summed E-state index contributed by atoms with van der Waals surface area (Å²) in [5.74, 6) is 1.85. The molecule has 3 aliphatic heterocycles. The zero-order valence-corrected chi connectivity index (χ0v) is 17.2. The third-order valence-electron chi connectivity index (χ3n) is 5.63. The molecule has 0 bridgehead atoms. The summed E-state index contributed by atoms with van der Waals surface area (Å²) in [6.45, 7) is 6.82. The van der Waals surface area contributed by atoms with E-state index in [0.29, 0.717) is 29.6 Å². The molecule has 0 radical (unpaired) electrons. The number of piperazine rings is 1. The Hall–Kier alpha value is -1.97. The summed E-state index contributed by atoms with van der Waals surface area (Å²) < 4.78 is 11.5. The molecule has 0 unspecified atom stereocenters. The minimum atomic E-state index is -0.0551. The third-order valence-corrected chi connectivity index (χ3v) is 5.88. The number of ether oxygens (including phenoxy) is 2. The average Bonchev–Trinajstić information content (AvgIpc) is 3.30. The highest BCUT2D eigenvalue weighted by Crippen LogP contribution is 2.32. The molecular formula is C19H26ClN7O2. The molecule has 29 heavy (non-hydrogen) atoms. The number of nitrogens with zero attached hydrogens (tertiary/aromatic N) is 6. The lowest BCUT2D eigenvalue weighted by molar-refractivity contribution is 0.00552. The van der Waals surface area contributed by atoms with E-state index in [1.54, 1.807) is 0 Å². The van der Waals surface area contributed by atoms with Gasteiger partial charge in [-0.05, 0) is 25.7 Å². The van der Waals surface area contributed by atoms with Crippen molar-refractivity contribution in [2.45, 2.75) is 31.8 Å². The second-order valence-corrected chi connectivity index (χ2v) is 8.09. The van der Waals surface area contributed by atoms with E-state index in [1.165, 1.54) is 0 Å². The van der Waals surface area contributed by atoms with Crippen LogP contribution >= 0.6 is 11.6 Å². The molecule has 1 atom stereocenters. The molecule has 156 valence electrons. The van der Waals surface area contributed by atoms with Crippen LogP contribution in [0.5, 0.6) is 5.88 Å². The molecule has 0 spiro atoms. The number of aromatic nitrogens is 4. The minimum Gasteiger partial charge on any atom is -0.470 e. The minimum absolute atomic E-state index is 0.0551. The van der Waals surface area contributed by atoms with Gasteiger partial charge in [-0.15, -0.1) is 0 Å². The van der Waals surface area contributed by atoms with Crippen LogP contribution in [0.1, 0.15) is 25.7 Å². The molecule has 0 aliphatic carbocycles. The predicted octanol–water partition coefficient (Wildman–Crippen LogP) is 1.64. The van der Waals surface area contributed by atoms with Crippen molar-refractivity contribution in [2.75, 3.05) is 62.3 Å². The second-order valence-electron chi connectivity index (χ2n) is 7.73. The monoisotopic (exact) mass is 419 g/mol. The van der Waals surface area contributed by atoms with Crippen LogP contribution in [-0.2, 0) is 4.74 Å². The first-order chi connectivity index (χ1) is 14.3. The number of halogens is 1. The number of hydrogen-bond acceptors (Lipinski definition) is 9. The first-order valence-corrected chi connectivity index (χ1v) is 10.9. The topological polar surface area (TPSA) is 88.5 Å². The summed E-state index contributed by atoms with van der Waals surface area (Å²) in [6.07, 6.45) is 4.14. The predicted molar refractivity (Wildman–Crippen MR) is 111 cm³/mol. The van der Waals surface area contributed by atoms with Gasteiger partial charge in [0.05, 0.1) is 6.61 Å². The van der Waals surface area contributed by atoms with Crippen LogP contribution in [0.3, 0.4) is 0 Å². The molecular weight excluding hydrogens is 394 g/mol. The lowest BCUT2D eigenvalue weighted by Crippen LogP contribution is -2.44. The maximum Gasteiger partial charge on any atom is 0.254 e. The first kappa shape index (κ1) is 19.0. The average molecular weight is 420 g/mol. The van der Waals surface area contributed by atoms with Gasteiger partial charge in [0.25, 0.3) is 5.88 Å². The summed E-state index contributed by atoms with van der Waals surface area (Å²) in [7, 11) is 0. The van der Waals surface area contributed by atoms with E-state index in [9.17, 15) is 0 Å². The van der Waals surface area contributed by atoms with E-state index >= 15 is 0 Å². The Bertz CT molecular complexity index is 865. The zero-order chi connectivity index (χ0) is 19.6. The van der Waals surface area contributed by atoms with Crippen molar-refractivity contribution in [2.24, 2.45) is 0 Å². The van der Waals surface area contributed by atoms with Crippen LogP contribution in [0.25, 0.3) is 11.2 Å². The van der Waals surface area contributed by atoms with Crippen molar-refractivity contribution in [3.05, 3.63) is 5.15 Å². The summed E-state index contributed by atoms with van der Waals surface area (Å²) in [6, 6.07) is 0. The highest BCUT2D eigenvalue weighted by Gasteiger charge is 2.25. The Morgan fingerprint density at radius 2 is 1.79 bits per heavy atom. The van der Waals surface area contributed by atoms with Crippen LogP contribution in [0.2, 0.25) is 5.15 Å².